The number of hydrogen-bond acceptors (Lipinski definition) is 13. The third kappa shape index (κ3) is 5.90. The number of rotatable bonds is 9. The number of β-lactam (4-membered cyclic amide) rings is 1. The number of nitrogens with zero attached hydrogens (tertiary/aromatic N) is 5. The van der Waals surface area contributed by atoms with Gasteiger partial charge in [-0.15, -0.1) is 11.3 Å². The maximum atomic E-state index is 13.7. The average Bonchev–Trinajstić information content (AvgIpc) is 3.54. The second kappa shape index (κ2) is 11.4. The van der Waals surface area contributed by atoms with Gasteiger partial charge in [0.2, 0.25) is 16.4 Å². The number of aryl methyl sites for hydroxylation is 1. The van der Waals surface area contributed by atoms with Gasteiger partial charge in [0.1, 0.15) is 11.3 Å². The summed E-state index contributed by atoms with van der Waals surface area (Å²) >= 11 is 5.67. The number of carbonyl (C=O) groups excluding carboxylic acids is 5. The van der Waals surface area contributed by atoms with Crippen LogP contribution in [-0.2, 0) is 33.4 Å². The van der Waals surface area contributed by atoms with Crippen LogP contribution >= 0.6 is 39.0 Å². The van der Waals surface area contributed by atoms with Gasteiger partial charge in [0.05, 0.1) is 33.2 Å². The molecule has 3 atom stereocenters. The molecule has 226 valence electrons. The van der Waals surface area contributed by atoms with Gasteiger partial charge in [0.25, 0.3) is 0 Å². The highest BCUT2D eigenvalue weighted by Gasteiger charge is 2.66. The van der Waals surface area contributed by atoms with Crippen molar-refractivity contribution in [2.45, 2.75) is 69.4 Å². The van der Waals surface area contributed by atoms with Crippen molar-refractivity contribution in [1.29, 1.82) is 0 Å². The summed E-state index contributed by atoms with van der Waals surface area (Å²) in [6, 6.07) is -0.613. The molecule has 3 aliphatic heterocycles. The monoisotopic (exact) mass is 684 g/mol. The number of nitrogens with two attached hydrogens (primary N) is 1. The molecule has 3 aliphatic rings. The molecule has 4 rings (SSSR count). The van der Waals surface area contributed by atoms with Crippen LogP contribution in [0, 0.1) is 12.8 Å². The first-order valence-corrected chi connectivity index (χ1v) is 15.3. The summed E-state index contributed by atoms with van der Waals surface area (Å²) < 4.78 is 10.4. The smallest absolute Gasteiger partial charge is 0.378 e. The second-order valence-electron chi connectivity index (χ2n) is 11.4. The minimum atomic E-state index is -1.62. The zero-order chi connectivity index (χ0) is 31.4. The van der Waals surface area contributed by atoms with E-state index in [-0.39, 0.29) is 37.5 Å². The number of amides is 3. The highest BCUT2D eigenvalue weighted by atomic mass is 79.9. The van der Waals surface area contributed by atoms with E-state index in [1.54, 1.807) is 27.7 Å². The summed E-state index contributed by atoms with van der Waals surface area (Å²) in [6.45, 7) is 9.89. The van der Waals surface area contributed by atoms with Gasteiger partial charge in [-0.3, -0.25) is 24.3 Å². The summed E-state index contributed by atoms with van der Waals surface area (Å²) in [5, 5.41) is 5.00. The van der Waals surface area contributed by atoms with E-state index in [0.717, 1.165) is 16.8 Å². The van der Waals surface area contributed by atoms with E-state index in [1.807, 2.05) is 0 Å². The molecular formula is C24H30BBrN6O8S2. The van der Waals surface area contributed by atoms with Crippen molar-refractivity contribution in [2.75, 3.05) is 19.6 Å². The predicted octanol–water partition coefficient (Wildman–Crippen LogP) is 1.48. The van der Waals surface area contributed by atoms with Gasteiger partial charge < -0.3 is 19.1 Å². The quantitative estimate of drug-likeness (QED) is 0.0759. The number of oxime groups is 1. The summed E-state index contributed by atoms with van der Waals surface area (Å²) in [5.41, 5.74) is -2.34. The molecule has 0 aromatic carbocycles. The third-order valence-corrected chi connectivity index (χ3v) is 10.0. The van der Waals surface area contributed by atoms with Gasteiger partial charge in [0.15, 0.2) is 11.5 Å². The standard InChI is InChI=1S/C24H30BBrN6O8S2/c1-11-28-15(16(26)41-11)14(29-40-23(5,6)19(35)38-22(2,3)4)13(33)9-12-17(34)30-10-24(20(36)39-25,42-18(12)30)31-7-8-32(27)21(31)37/h12,18H,7-10,27H2,1-6H3/b29-14+/t12-,18-,24-/m1/s1. The molecular weight excluding hydrogens is 655 g/mol. The number of carbonyl (C=O) groups is 5. The molecule has 1 aromatic rings. The van der Waals surface area contributed by atoms with Crippen LogP contribution in [-0.4, -0.2) is 104 Å². The van der Waals surface area contributed by atoms with Gasteiger partial charge in [-0.05, 0) is 57.5 Å². The van der Waals surface area contributed by atoms with Crippen LogP contribution in [0.5, 0.6) is 0 Å². The number of ketones is 1. The number of hydrazine groups is 1. The molecule has 0 saturated carbocycles. The van der Waals surface area contributed by atoms with Crippen molar-refractivity contribution in [3.05, 3.63) is 14.5 Å². The van der Waals surface area contributed by atoms with Gasteiger partial charge >= 0.3 is 26.0 Å². The normalized spacial score (nSPS) is 24.5. The number of ether oxygens (including phenoxy) is 1. The van der Waals surface area contributed by atoms with Crippen LogP contribution < -0.4 is 5.84 Å². The van der Waals surface area contributed by atoms with Crippen molar-refractivity contribution >= 4 is 82.4 Å². The third-order valence-electron chi connectivity index (χ3n) is 6.70. The Bertz CT molecular complexity index is 1370. The Labute approximate surface area is 260 Å². The lowest BCUT2D eigenvalue weighted by molar-refractivity contribution is -0.179. The average molecular weight is 685 g/mol. The minimum absolute atomic E-state index is 0.120. The lowest BCUT2D eigenvalue weighted by Gasteiger charge is -2.40. The van der Waals surface area contributed by atoms with Gasteiger partial charge in [-0.2, -0.15) is 0 Å². The zero-order valence-corrected chi connectivity index (χ0v) is 27.1. The maximum Gasteiger partial charge on any atom is 0.378 e. The van der Waals surface area contributed by atoms with E-state index >= 15 is 0 Å². The Morgan fingerprint density at radius 1 is 1.21 bits per heavy atom. The van der Waals surface area contributed by atoms with Crippen LogP contribution in [0.4, 0.5) is 4.79 Å². The van der Waals surface area contributed by atoms with Crippen molar-refractivity contribution in [3.8, 4) is 0 Å². The molecule has 0 spiro atoms. The van der Waals surface area contributed by atoms with Crippen LogP contribution in [0.25, 0.3) is 0 Å². The molecule has 4 heterocycles. The summed E-state index contributed by atoms with van der Waals surface area (Å²) in [6.07, 6.45) is -0.310. The van der Waals surface area contributed by atoms with E-state index < -0.39 is 57.0 Å². The highest BCUT2D eigenvalue weighted by Crippen LogP contribution is 2.53. The number of esters is 1. The largest absolute Gasteiger partial charge is 0.541 e. The van der Waals surface area contributed by atoms with Crippen molar-refractivity contribution in [1.82, 2.24) is 19.8 Å². The lowest BCUT2D eigenvalue weighted by atomic mass is 9.90. The number of Topliss-reactive ketones (excluding diaryl/α,β-unsaturated/α-hetero) is 1. The lowest BCUT2D eigenvalue weighted by Crippen LogP contribution is -2.60. The van der Waals surface area contributed by atoms with E-state index in [4.69, 9.17) is 23.5 Å². The van der Waals surface area contributed by atoms with E-state index in [2.05, 4.69) is 30.7 Å². The molecule has 3 fully saturated rings. The van der Waals surface area contributed by atoms with Gasteiger partial charge in [-0.25, -0.2) is 20.4 Å². The van der Waals surface area contributed by atoms with Crippen molar-refractivity contribution < 1.29 is 38.2 Å². The molecule has 0 unspecified atom stereocenters. The Hall–Kier alpha value is -2.70. The van der Waals surface area contributed by atoms with Crippen LogP contribution in [0.2, 0.25) is 0 Å². The summed E-state index contributed by atoms with van der Waals surface area (Å²) in [7, 11) is 5.21. The number of thiazole rings is 1. The first-order chi connectivity index (χ1) is 19.4. The molecule has 3 saturated heterocycles. The molecule has 14 nitrogen and oxygen atoms in total. The van der Waals surface area contributed by atoms with Crippen LogP contribution in [0.1, 0.15) is 51.7 Å². The number of fused-ring (bicyclic) bond motifs is 1. The Morgan fingerprint density at radius 3 is 2.40 bits per heavy atom. The summed E-state index contributed by atoms with van der Waals surface area (Å²) in [4.78, 5) is 76.1. The highest BCUT2D eigenvalue weighted by molar-refractivity contribution is 9.11. The topological polar surface area (TPSA) is 174 Å². The Balaban J connectivity index is 1.58. The number of thioether (sulfide) groups is 1. The molecule has 2 radical (unpaired) electrons. The fourth-order valence-corrected chi connectivity index (χ4v) is 7.94. The SMILES string of the molecule is [B]OC(=O)[C@@]1(N2CCN(N)C2=O)CN2C(=O)[C@@H](CC(=O)/C(=N\OC(C)(C)C(=O)OC(C)(C)C)c3nc(C)sc3Br)[C@H]2S1. The first kappa shape index (κ1) is 32.2. The van der Waals surface area contributed by atoms with Crippen molar-refractivity contribution in [3.63, 3.8) is 0 Å². The maximum absolute atomic E-state index is 13.7. The number of aromatic nitrogens is 1. The number of halogens is 1. The second-order valence-corrected chi connectivity index (χ2v) is 15.3. The molecule has 1 aromatic heterocycles. The molecule has 0 bridgehead atoms. The van der Waals surface area contributed by atoms with E-state index in [9.17, 15) is 24.0 Å². The predicted molar refractivity (Wildman–Crippen MR) is 156 cm³/mol. The summed E-state index contributed by atoms with van der Waals surface area (Å²) in [5.74, 6) is 2.28. The fraction of sp³-hybridized carbons (Fsp3) is 0.625. The fourth-order valence-electron chi connectivity index (χ4n) is 4.59. The molecule has 42 heavy (non-hydrogen) atoms. The van der Waals surface area contributed by atoms with Gasteiger partial charge in [-0.1, -0.05) is 16.9 Å². The van der Waals surface area contributed by atoms with E-state index in [0.29, 0.717) is 8.79 Å². The number of urea groups is 1. The Kier molecular flexibility index (Phi) is 8.77. The van der Waals surface area contributed by atoms with Crippen LogP contribution in [0.3, 0.4) is 0 Å². The van der Waals surface area contributed by atoms with Crippen molar-refractivity contribution in [2.24, 2.45) is 16.9 Å². The van der Waals surface area contributed by atoms with Gasteiger partial charge in [0, 0.05) is 13.0 Å². The Morgan fingerprint density at radius 2 is 1.88 bits per heavy atom. The minimum Gasteiger partial charge on any atom is -0.541 e. The van der Waals surface area contributed by atoms with Crippen LogP contribution in [0.15, 0.2) is 8.94 Å². The molecule has 3 amide bonds. The van der Waals surface area contributed by atoms with E-state index in [1.165, 1.54) is 35.0 Å². The number of hydrogen-bond donors (Lipinski definition) is 1. The zero-order valence-electron chi connectivity index (χ0n) is 23.8. The first-order valence-electron chi connectivity index (χ1n) is 12.8. The molecule has 2 N–H and O–H groups in total. The molecule has 18 heteroatoms. The molecule has 0 aliphatic carbocycles.